The van der Waals surface area contributed by atoms with Crippen molar-refractivity contribution in [2.24, 2.45) is 0 Å². The predicted molar refractivity (Wildman–Crippen MR) is 111 cm³/mol. The van der Waals surface area contributed by atoms with Gasteiger partial charge in [-0.05, 0) is 36.2 Å². The second-order valence-corrected chi connectivity index (χ2v) is 8.33. The molecule has 28 heavy (non-hydrogen) atoms. The predicted octanol–water partition coefficient (Wildman–Crippen LogP) is 3.07. The molecule has 0 spiro atoms. The van der Waals surface area contributed by atoms with Gasteiger partial charge in [-0.2, -0.15) is 0 Å². The highest BCUT2D eigenvalue weighted by Gasteiger charge is 2.13. The summed E-state index contributed by atoms with van der Waals surface area (Å²) in [5, 5.41) is 2.83. The number of amides is 2. The van der Waals surface area contributed by atoms with E-state index < -0.39 is 10.0 Å². The summed E-state index contributed by atoms with van der Waals surface area (Å²) >= 11 is 0. The summed E-state index contributed by atoms with van der Waals surface area (Å²) < 4.78 is 26.3. The van der Waals surface area contributed by atoms with E-state index in [1.807, 2.05) is 12.1 Å². The van der Waals surface area contributed by atoms with E-state index in [1.165, 1.54) is 13.0 Å². The molecule has 0 aliphatic heterocycles. The van der Waals surface area contributed by atoms with Gasteiger partial charge in [0.15, 0.2) is 0 Å². The Hall–Kier alpha value is -2.87. The molecule has 2 rings (SSSR count). The summed E-state index contributed by atoms with van der Waals surface area (Å²) in [4.78, 5) is 25.7. The number of hydrogen-bond acceptors (Lipinski definition) is 4. The Labute approximate surface area is 165 Å². The van der Waals surface area contributed by atoms with Crippen LogP contribution in [0.4, 0.5) is 11.4 Å². The van der Waals surface area contributed by atoms with Crippen molar-refractivity contribution in [2.45, 2.75) is 26.8 Å². The van der Waals surface area contributed by atoms with E-state index in [2.05, 4.69) is 10.0 Å². The summed E-state index contributed by atoms with van der Waals surface area (Å²) in [7, 11) is -1.75. The van der Waals surface area contributed by atoms with Crippen LogP contribution in [-0.2, 0) is 21.4 Å². The first kappa shape index (κ1) is 21.4. The molecule has 0 aliphatic rings. The van der Waals surface area contributed by atoms with Crippen LogP contribution < -0.4 is 10.0 Å². The Morgan fingerprint density at radius 1 is 1.07 bits per heavy atom. The van der Waals surface area contributed by atoms with Crippen molar-refractivity contribution < 1.29 is 18.0 Å². The van der Waals surface area contributed by atoms with Crippen molar-refractivity contribution in [1.29, 1.82) is 0 Å². The molecule has 2 amide bonds. The first-order valence-electron chi connectivity index (χ1n) is 8.93. The van der Waals surface area contributed by atoms with Crippen LogP contribution in [0, 0.1) is 0 Å². The largest absolute Gasteiger partial charge is 0.342 e. The van der Waals surface area contributed by atoms with E-state index in [-0.39, 0.29) is 17.6 Å². The third-order valence-electron chi connectivity index (χ3n) is 4.08. The Kier molecular flexibility index (Phi) is 7.17. The SMILES string of the molecule is CCCS(=O)(=O)Nc1cccc(C(=O)Nc2ccccc2CN(C)C(C)=O)c1. The van der Waals surface area contributed by atoms with Crippen LogP contribution in [-0.4, -0.2) is 37.9 Å². The molecule has 0 atom stereocenters. The molecule has 2 aromatic carbocycles. The number of benzene rings is 2. The quantitative estimate of drug-likeness (QED) is 0.708. The monoisotopic (exact) mass is 403 g/mol. The fourth-order valence-corrected chi connectivity index (χ4v) is 3.69. The van der Waals surface area contributed by atoms with Crippen molar-refractivity contribution in [2.75, 3.05) is 22.8 Å². The highest BCUT2D eigenvalue weighted by molar-refractivity contribution is 7.92. The Bertz CT molecular complexity index is 957. The van der Waals surface area contributed by atoms with Gasteiger partial charge in [0.1, 0.15) is 0 Å². The lowest BCUT2D eigenvalue weighted by Gasteiger charge is -2.18. The maximum Gasteiger partial charge on any atom is 0.255 e. The van der Waals surface area contributed by atoms with Gasteiger partial charge in [-0.3, -0.25) is 14.3 Å². The van der Waals surface area contributed by atoms with Gasteiger partial charge in [-0.1, -0.05) is 31.2 Å². The van der Waals surface area contributed by atoms with E-state index in [1.54, 1.807) is 49.2 Å². The van der Waals surface area contributed by atoms with Gasteiger partial charge in [0.25, 0.3) is 5.91 Å². The Balaban J connectivity index is 2.18. The fraction of sp³-hybridized carbons (Fsp3) is 0.300. The smallest absolute Gasteiger partial charge is 0.255 e. The van der Waals surface area contributed by atoms with Gasteiger partial charge in [0.2, 0.25) is 15.9 Å². The zero-order valence-corrected chi connectivity index (χ0v) is 17.0. The molecular formula is C20H25N3O4S. The van der Waals surface area contributed by atoms with E-state index in [9.17, 15) is 18.0 Å². The minimum absolute atomic E-state index is 0.0144. The number of hydrogen-bond donors (Lipinski definition) is 2. The zero-order valence-electron chi connectivity index (χ0n) is 16.2. The van der Waals surface area contributed by atoms with Crippen molar-refractivity contribution in [3.8, 4) is 0 Å². The van der Waals surface area contributed by atoms with Crippen LogP contribution in [0.3, 0.4) is 0 Å². The normalized spacial score (nSPS) is 11.0. The highest BCUT2D eigenvalue weighted by Crippen LogP contribution is 2.19. The third-order valence-corrected chi connectivity index (χ3v) is 5.57. The molecule has 7 nitrogen and oxygen atoms in total. The van der Waals surface area contributed by atoms with E-state index in [0.717, 1.165) is 5.56 Å². The highest BCUT2D eigenvalue weighted by atomic mass is 32.2. The lowest BCUT2D eigenvalue weighted by atomic mass is 10.1. The first-order chi connectivity index (χ1) is 13.2. The molecule has 0 unspecified atom stereocenters. The molecule has 0 aliphatic carbocycles. The second kappa shape index (κ2) is 9.36. The van der Waals surface area contributed by atoms with E-state index in [4.69, 9.17) is 0 Å². The van der Waals surface area contributed by atoms with Crippen LogP contribution in [0.1, 0.15) is 36.2 Å². The molecule has 8 heteroatoms. The minimum Gasteiger partial charge on any atom is -0.342 e. The second-order valence-electron chi connectivity index (χ2n) is 6.49. The van der Waals surface area contributed by atoms with Gasteiger partial charge < -0.3 is 10.2 Å². The summed E-state index contributed by atoms with van der Waals surface area (Å²) in [6.45, 7) is 3.62. The lowest BCUT2D eigenvalue weighted by Crippen LogP contribution is -2.24. The minimum atomic E-state index is -3.43. The van der Waals surface area contributed by atoms with Crippen molar-refractivity contribution in [1.82, 2.24) is 4.90 Å². The summed E-state index contributed by atoms with van der Waals surface area (Å²) in [5.74, 6) is -0.428. The molecule has 150 valence electrons. The average Bonchev–Trinajstić information content (AvgIpc) is 2.62. The van der Waals surface area contributed by atoms with E-state index in [0.29, 0.717) is 29.9 Å². The molecule has 0 saturated carbocycles. The van der Waals surface area contributed by atoms with Gasteiger partial charge in [-0.15, -0.1) is 0 Å². The molecule has 2 N–H and O–H groups in total. The van der Waals surface area contributed by atoms with Gasteiger partial charge >= 0.3 is 0 Å². The number of nitrogens with one attached hydrogen (secondary N) is 2. The van der Waals surface area contributed by atoms with Crippen LogP contribution in [0.15, 0.2) is 48.5 Å². The Morgan fingerprint density at radius 2 is 1.79 bits per heavy atom. The molecule has 2 aromatic rings. The summed E-state index contributed by atoms with van der Waals surface area (Å²) in [6, 6.07) is 13.5. The number of carbonyl (C=O) groups is 2. The molecule has 0 bridgehead atoms. The molecule has 0 fully saturated rings. The summed E-state index contributed by atoms with van der Waals surface area (Å²) in [6.07, 6.45) is 0.501. The number of carbonyl (C=O) groups excluding carboxylic acids is 2. The molecule has 0 radical (unpaired) electrons. The lowest BCUT2D eigenvalue weighted by molar-refractivity contribution is -0.128. The standard InChI is InChI=1S/C20H25N3O4S/c1-4-12-28(26,27)22-18-10-7-9-16(13-18)20(25)21-19-11-6-5-8-17(19)14-23(3)15(2)24/h5-11,13,22H,4,12,14H2,1-3H3,(H,21,25). The molecule has 0 heterocycles. The zero-order chi connectivity index (χ0) is 20.7. The third kappa shape index (κ3) is 6.09. The fourth-order valence-electron chi connectivity index (χ4n) is 2.56. The summed E-state index contributed by atoms with van der Waals surface area (Å²) in [5.41, 5.74) is 2.06. The van der Waals surface area contributed by atoms with Crippen LogP contribution in [0.2, 0.25) is 0 Å². The van der Waals surface area contributed by atoms with Crippen LogP contribution in [0.25, 0.3) is 0 Å². The number of rotatable bonds is 8. The van der Waals surface area contributed by atoms with Crippen LogP contribution >= 0.6 is 0 Å². The number of nitrogens with zero attached hydrogens (tertiary/aromatic N) is 1. The molecule has 0 aromatic heterocycles. The van der Waals surface area contributed by atoms with Gasteiger partial charge in [0.05, 0.1) is 5.75 Å². The maximum absolute atomic E-state index is 12.7. The van der Waals surface area contributed by atoms with Crippen LogP contribution in [0.5, 0.6) is 0 Å². The number of anilines is 2. The number of para-hydroxylation sites is 1. The first-order valence-corrected chi connectivity index (χ1v) is 10.6. The number of sulfonamides is 1. The topological polar surface area (TPSA) is 95.6 Å². The van der Waals surface area contributed by atoms with Crippen molar-refractivity contribution in [3.63, 3.8) is 0 Å². The average molecular weight is 404 g/mol. The van der Waals surface area contributed by atoms with Gasteiger partial charge in [-0.25, -0.2) is 8.42 Å². The molecule has 0 saturated heterocycles. The Morgan fingerprint density at radius 3 is 2.46 bits per heavy atom. The van der Waals surface area contributed by atoms with E-state index >= 15 is 0 Å². The van der Waals surface area contributed by atoms with Gasteiger partial charge in [0, 0.05) is 37.5 Å². The molecular weight excluding hydrogens is 378 g/mol. The van der Waals surface area contributed by atoms with Crippen molar-refractivity contribution in [3.05, 3.63) is 59.7 Å². The maximum atomic E-state index is 12.7. The van der Waals surface area contributed by atoms with Crippen molar-refractivity contribution >= 4 is 33.2 Å².